The van der Waals surface area contributed by atoms with Crippen molar-refractivity contribution in [3.05, 3.63) is 18.2 Å². The first-order valence-corrected chi connectivity index (χ1v) is 11.2. The zero-order valence-corrected chi connectivity index (χ0v) is 16.1. The Morgan fingerprint density at radius 2 is 2.08 bits per heavy atom. The lowest BCUT2D eigenvalue weighted by Crippen LogP contribution is -2.29. The first kappa shape index (κ1) is 18.7. The molecule has 2 heterocycles. The van der Waals surface area contributed by atoms with E-state index >= 15 is 0 Å². The maximum absolute atomic E-state index is 12.5. The Morgan fingerprint density at radius 3 is 2.84 bits per heavy atom. The van der Waals surface area contributed by atoms with Crippen molar-refractivity contribution >= 4 is 33.4 Å². The summed E-state index contributed by atoms with van der Waals surface area (Å²) in [5, 5.41) is 2.83. The van der Waals surface area contributed by atoms with Crippen LogP contribution in [0.2, 0.25) is 0 Å². The van der Waals surface area contributed by atoms with Gasteiger partial charge in [-0.15, -0.1) is 11.8 Å². The highest BCUT2D eigenvalue weighted by atomic mass is 32.2. The quantitative estimate of drug-likeness (QED) is 0.736. The molecule has 0 saturated carbocycles. The molecule has 0 unspecified atom stereocenters. The van der Waals surface area contributed by atoms with Crippen molar-refractivity contribution in [2.45, 2.75) is 36.0 Å². The second-order valence-corrected chi connectivity index (χ2v) is 9.49. The van der Waals surface area contributed by atoms with Crippen molar-refractivity contribution in [2.75, 3.05) is 37.2 Å². The predicted molar refractivity (Wildman–Crippen MR) is 100 cm³/mol. The van der Waals surface area contributed by atoms with E-state index in [1.807, 2.05) is 6.92 Å². The van der Waals surface area contributed by atoms with Gasteiger partial charge in [0, 0.05) is 23.1 Å². The molecule has 3 rings (SSSR count). The Balaban J connectivity index is 1.62. The van der Waals surface area contributed by atoms with Crippen LogP contribution in [0.1, 0.15) is 26.2 Å². The molecule has 0 bridgehead atoms. The first-order valence-electron chi connectivity index (χ1n) is 8.75. The van der Waals surface area contributed by atoms with Gasteiger partial charge in [-0.1, -0.05) is 6.92 Å². The molecule has 0 aliphatic carbocycles. The summed E-state index contributed by atoms with van der Waals surface area (Å²) in [6.45, 7) is 5.46. The number of nitrogens with zero attached hydrogens (tertiary/aromatic N) is 1. The van der Waals surface area contributed by atoms with Crippen LogP contribution in [-0.4, -0.2) is 51.2 Å². The van der Waals surface area contributed by atoms with Crippen molar-refractivity contribution < 1.29 is 13.2 Å². The van der Waals surface area contributed by atoms with Gasteiger partial charge < -0.3 is 10.2 Å². The standard InChI is InChI=1S/C17H25N3O3S2/c1-13-12-24-16-6-5-14(11-15(16)19-17(13)21)25(22,23)18-7-4-10-20-8-2-3-9-20/h5-6,11,13,18H,2-4,7-10,12H2,1H3,(H,19,21)/t13-/m0/s1. The number of hydrogen-bond acceptors (Lipinski definition) is 5. The number of thioether (sulfide) groups is 1. The molecule has 0 aromatic heterocycles. The number of rotatable bonds is 6. The van der Waals surface area contributed by atoms with Gasteiger partial charge >= 0.3 is 0 Å². The summed E-state index contributed by atoms with van der Waals surface area (Å²) < 4.78 is 27.7. The molecular weight excluding hydrogens is 358 g/mol. The fourth-order valence-corrected chi connectivity index (χ4v) is 5.16. The second-order valence-electron chi connectivity index (χ2n) is 6.66. The number of nitrogens with one attached hydrogen (secondary N) is 2. The zero-order chi connectivity index (χ0) is 17.9. The van der Waals surface area contributed by atoms with E-state index in [2.05, 4.69) is 14.9 Å². The van der Waals surface area contributed by atoms with E-state index < -0.39 is 10.0 Å². The fraction of sp³-hybridized carbons (Fsp3) is 0.588. The number of amides is 1. The van der Waals surface area contributed by atoms with E-state index in [0.29, 0.717) is 18.0 Å². The summed E-state index contributed by atoms with van der Waals surface area (Å²) in [6.07, 6.45) is 3.28. The van der Waals surface area contributed by atoms with Crippen LogP contribution in [0.15, 0.2) is 28.0 Å². The molecule has 1 aromatic carbocycles. The number of benzene rings is 1. The Bertz CT molecular complexity index is 731. The van der Waals surface area contributed by atoms with Gasteiger partial charge in [0.05, 0.1) is 10.6 Å². The minimum atomic E-state index is -3.56. The van der Waals surface area contributed by atoms with Crippen LogP contribution in [0.4, 0.5) is 5.69 Å². The topological polar surface area (TPSA) is 78.5 Å². The molecule has 1 saturated heterocycles. The molecule has 25 heavy (non-hydrogen) atoms. The van der Waals surface area contributed by atoms with E-state index in [0.717, 1.165) is 31.0 Å². The van der Waals surface area contributed by atoms with Crippen molar-refractivity contribution in [1.82, 2.24) is 9.62 Å². The highest BCUT2D eigenvalue weighted by Gasteiger charge is 2.22. The lowest BCUT2D eigenvalue weighted by molar-refractivity contribution is -0.118. The summed E-state index contributed by atoms with van der Waals surface area (Å²) in [6, 6.07) is 4.94. The fourth-order valence-electron chi connectivity index (χ4n) is 3.04. The van der Waals surface area contributed by atoms with Gasteiger partial charge in [-0.3, -0.25) is 4.79 Å². The van der Waals surface area contributed by atoms with Gasteiger partial charge in [0.2, 0.25) is 15.9 Å². The van der Waals surface area contributed by atoms with Gasteiger partial charge in [-0.25, -0.2) is 13.1 Å². The van der Waals surface area contributed by atoms with Crippen molar-refractivity contribution in [3.8, 4) is 0 Å². The van der Waals surface area contributed by atoms with Crippen LogP contribution in [0.5, 0.6) is 0 Å². The van der Waals surface area contributed by atoms with Crippen LogP contribution in [0.3, 0.4) is 0 Å². The van der Waals surface area contributed by atoms with Crippen LogP contribution >= 0.6 is 11.8 Å². The maximum atomic E-state index is 12.5. The lowest BCUT2D eigenvalue weighted by atomic mass is 10.2. The Kier molecular flexibility index (Phi) is 6.04. The number of carbonyl (C=O) groups is 1. The van der Waals surface area contributed by atoms with Crippen LogP contribution in [-0.2, 0) is 14.8 Å². The summed E-state index contributed by atoms with van der Waals surface area (Å²) in [5.74, 6) is 0.528. The monoisotopic (exact) mass is 383 g/mol. The first-order chi connectivity index (χ1) is 12.0. The number of sulfonamides is 1. The average molecular weight is 384 g/mol. The summed E-state index contributed by atoms with van der Waals surface area (Å²) in [5.41, 5.74) is 0.583. The molecule has 138 valence electrons. The molecule has 1 aromatic rings. The third kappa shape index (κ3) is 4.75. The SMILES string of the molecule is C[C@H]1CSc2ccc(S(=O)(=O)NCCCN3CCCC3)cc2NC1=O. The molecular formula is C17H25N3O3S2. The van der Waals surface area contributed by atoms with Crippen molar-refractivity contribution in [2.24, 2.45) is 5.92 Å². The summed E-state index contributed by atoms with van der Waals surface area (Å²) in [4.78, 5) is 15.5. The van der Waals surface area contributed by atoms with Gasteiger partial charge in [0.25, 0.3) is 0 Å². The second kappa shape index (κ2) is 8.07. The molecule has 2 aliphatic rings. The molecule has 2 N–H and O–H groups in total. The minimum Gasteiger partial charge on any atom is -0.325 e. The molecule has 8 heteroatoms. The average Bonchev–Trinajstić information content (AvgIpc) is 3.05. The number of anilines is 1. The van der Waals surface area contributed by atoms with Crippen molar-refractivity contribution in [3.63, 3.8) is 0 Å². The van der Waals surface area contributed by atoms with Gasteiger partial charge in [-0.2, -0.15) is 0 Å². The van der Waals surface area contributed by atoms with E-state index in [-0.39, 0.29) is 16.7 Å². The number of fused-ring (bicyclic) bond motifs is 1. The third-order valence-electron chi connectivity index (χ3n) is 4.60. The van der Waals surface area contributed by atoms with Crippen LogP contribution in [0, 0.1) is 5.92 Å². The molecule has 1 amide bonds. The van der Waals surface area contributed by atoms with Crippen LogP contribution < -0.4 is 10.0 Å². The molecule has 6 nitrogen and oxygen atoms in total. The number of likely N-dealkylation sites (tertiary alicyclic amines) is 1. The smallest absolute Gasteiger partial charge is 0.240 e. The Morgan fingerprint density at radius 1 is 1.32 bits per heavy atom. The number of hydrogen-bond donors (Lipinski definition) is 2. The third-order valence-corrected chi connectivity index (χ3v) is 7.39. The minimum absolute atomic E-state index is 0.0700. The Hall–Kier alpha value is -1.09. The summed E-state index contributed by atoms with van der Waals surface area (Å²) in [7, 11) is -3.56. The number of carbonyl (C=O) groups excluding carboxylic acids is 1. The maximum Gasteiger partial charge on any atom is 0.240 e. The molecule has 1 fully saturated rings. The predicted octanol–water partition coefficient (Wildman–Crippen LogP) is 2.13. The summed E-state index contributed by atoms with van der Waals surface area (Å²) >= 11 is 1.57. The van der Waals surface area contributed by atoms with E-state index in [4.69, 9.17) is 0 Å². The van der Waals surface area contributed by atoms with E-state index in [9.17, 15) is 13.2 Å². The van der Waals surface area contributed by atoms with Crippen molar-refractivity contribution in [1.29, 1.82) is 0 Å². The van der Waals surface area contributed by atoms with Gasteiger partial charge in [0.1, 0.15) is 0 Å². The van der Waals surface area contributed by atoms with Gasteiger partial charge in [0.15, 0.2) is 0 Å². The van der Waals surface area contributed by atoms with E-state index in [1.54, 1.807) is 30.0 Å². The highest BCUT2D eigenvalue weighted by Crippen LogP contribution is 2.34. The molecule has 1 atom stereocenters. The highest BCUT2D eigenvalue weighted by molar-refractivity contribution is 7.99. The van der Waals surface area contributed by atoms with E-state index in [1.165, 1.54) is 12.8 Å². The zero-order valence-electron chi connectivity index (χ0n) is 14.5. The normalized spacial score (nSPS) is 21.6. The van der Waals surface area contributed by atoms with Crippen LogP contribution in [0.25, 0.3) is 0 Å². The molecule has 0 radical (unpaired) electrons. The molecule has 2 aliphatic heterocycles. The largest absolute Gasteiger partial charge is 0.325 e. The Labute approximate surface area is 153 Å². The lowest BCUT2D eigenvalue weighted by Gasteiger charge is -2.15. The molecule has 0 spiro atoms. The van der Waals surface area contributed by atoms with Gasteiger partial charge in [-0.05, 0) is 57.1 Å².